The standard InChI is InChI=1S/2C29H39.C2H5.2ClH.Zr/c2*1-10-11-12-21-14-25-20(3)19(2)13-26(27(25)15-21)22-16-23(28(4,5)6)18-24(17-22)29(7,8)9;1-2;;;/h2*13-18H,10-12H2,1-9H3;1H2,2H3;2*1H;/q3*-1;;;+2/p-2. The summed E-state index contributed by atoms with van der Waals surface area (Å²) >= 11 is -0.826. The number of rotatable bonds is 8. The van der Waals surface area contributed by atoms with Gasteiger partial charge in [0, 0.05) is 0 Å². The molecule has 344 valence electrons. The monoisotopic (exact) mass is 963 g/mol. The fourth-order valence-corrected chi connectivity index (χ4v) is 8.26. The van der Waals surface area contributed by atoms with Gasteiger partial charge in [-0.05, 0) is 81.7 Å². The minimum absolute atomic E-state index is 0.132. The van der Waals surface area contributed by atoms with Crippen LogP contribution in [0.3, 0.4) is 0 Å². The summed E-state index contributed by atoms with van der Waals surface area (Å²) in [6.45, 7) is 46.4. The van der Waals surface area contributed by atoms with E-state index in [9.17, 15) is 0 Å². The summed E-state index contributed by atoms with van der Waals surface area (Å²) in [7, 11) is 9.87. The summed E-state index contributed by atoms with van der Waals surface area (Å²) in [6, 6.07) is 29.2. The zero-order valence-corrected chi connectivity index (χ0v) is 47.1. The number of unbranched alkanes of at least 4 members (excludes halogenated alkanes) is 2. The molecule has 0 heterocycles. The van der Waals surface area contributed by atoms with Gasteiger partial charge < -0.3 is 6.92 Å². The van der Waals surface area contributed by atoms with Crippen LogP contribution in [0.1, 0.15) is 185 Å². The first-order valence-corrected chi connectivity index (χ1v) is 30.0. The molecule has 3 heteroatoms. The zero-order chi connectivity index (χ0) is 47.8. The first-order valence-electron chi connectivity index (χ1n) is 23.6. The Bertz CT molecular complexity index is 2170. The molecule has 0 bridgehead atoms. The van der Waals surface area contributed by atoms with Crippen LogP contribution in [0.5, 0.6) is 0 Å². The quantitative estimate of drug-likeness (QED) is 0.133. The molecule has 0 radical (unpaired) electrons. The summed E-state index contributed by atoms with van der Waals surface area (Å²) < 4.78 is 0. The molecular formula is C60H83Cl2Zr-3. The van der Waals surface area contributed by atoms with Gasteiger partial charge in [0.15, 0.2) is 0 Å². The minimum atomic E-state index is -0.826. The molecule has 0 unspecified atom stereocenters. The van der Waals surface area contributed by atoms with Gasteiger partial charge in [-0.25, -0.2) is 0 Å². The van der Waals surface area contributed by atoms with Crippen LogP contribution in [0.4, 0.5) is 0 Å². The van der Waals surface area contributed by atoms with E-state index in [1.807, 2.05) is 0 Å². The van der Waals surface area contributed by atoms with Crippen molar-refractivity contribution in [1.29, 1.82) is 0 Å². The number of halogens is 2. The Morgan fingerprint density at radius 2 is 0.730 bits per heavy atom. The third-order valence-corrected chi connectivity index (χ3v) is 12.8. The van der Waals surface area contributed by atoms with Crippen LogP contribution >= 0.6 is 17.0 Å². The average molecular weight is 966 g/mol. The van der Waals surface area contributed by atoms with Crippen molar-refractivity contribution >= 4 is 38.6 Å². The van der Waals surface area contributed by atoms with E-state index in [1.54, 1.807) is 6.92 Å². The van der Waals surface area contributed by atoms with Crippen molar-refractivity contribution in [3.8, 4) is 22.3 Å². The summed E-state index contributed by atoms with van der Waals surface area (Å²) in [5, 5.41) is 5.71. The van der Waals surface area contributed by atoms with Crippen molar-refractivity contribution in [2.24, 2.45) is 0 Å². The van der Waals surface area contributed by atoms with Crippen molar-refractivity contribution < 1.29 is 20.8 Å². The molecule has 0 aliphatic heterocycles. The summed E-state index contributed by atoms with van der Waals surface area (Å²) in [4.78, 5) is 0. The van der Waals surface area contributed by atoms with Crippen molar-refractivity contribution in [1.82, 2.24) is 0 Å². The van der Waals surface area contributed by atoms with Crippen LogP contribution in [0.25, 0.3) is 43.8 Å². The Morgan fingerprint density at radius 3 is 0.968 bits per heavy atom. The molecule has 0 fully saturated rings. The SMILES string of the molecule is CCCCc1cc2c(-c3cc(C(C)(C)C)cc(C(C)(C)C)c3)cc(C)c(C)c2[cH-]1.CCCCc1cc2c(-c3cc(C(C)(C)C)cc(C(C)(C)C)c3)cc(C)c(C)c2[cH-]1.[CH2-]C.[Cl][Zr][Cl]. The van der Waals surface area contributed by atoms with Gasteiger partial charge in [-0.1, -0.05) is 207 Å². The predicted octanol–water partition coefficient (Wildman–Crippen LogP) is 19.8. The molecule has 0 aliphatic carbocycles. The second-order valence-corrected chi connectivity index (χ2v) is 25.7. The van der Waals surface area contributed by atoms with Gasteiger partial charge in [-0.2, -0.15) is 19.1 Å². The summed E-state index contributed by atoms with van der Waals surface area (Å²) in [6.07, 6.45) is 7.37. The van der Waals surface area contributed by atoms with Gasteiger partial charge in [-0.15, -0.1) is 55.9 Å². The Labute approximate surface area is 405 Å². The van der Waals surface area contributed by atoms with E-state index < -0.39 is 20.8 Å². The van der Waals surface area contributed by atoms with Crippen molar-refractivity contribution in [2.75, 3.05) is 0 Å². The van der Waals surface area contributed by atoms with Crippen LogP contribution < -0.4 is 0 Å². The van der Waals surface area contributed by atoms with Crippen LogP contribution in [-0.4, -0.2) is 0 Å². The van der Waals surface area contributed by atoms with E-state index >= 15 is 0 Å². The predicted molar refractivity (Wildman–Crippen MR) is 284 cm³/mol. The number of benzene rings is 4. The van der Waals surface area contributed by atoms with Crippen LogP contribution in [0.2, 0.25) is 0 Å². The normalized spacial score (nSPS) is 12.0. The molecule has 0 N–H and O–H groups in total. The van der Waals surface area contributed by atoms with E-state index in [0.717, 1.165) is 0 Å². The van der Waals surface area contributed by atoms with Gasteiger partial charge in [0.25, 0.3) is 0 Å². The maximum absolute atomic E-state index is 4.93. The average Bonchev–Trinajstić information content (AvgIpc) is 3.84. The molecule has 63 heavy (non-hydrogen) atoms. The van der Waals surface area contributed by atoms with Gasteiger partial charge >= 0.3 is 37.9 Å². The number of hydrogen-bond donors (Lipinski definition) is 0. The van der Waals surface area contributed by atoms with Gasteiger partial charge in [-0.3, -0.25) is 0 Å². The van der Waals surface area contributed by atoms with E-state index in [2.05, 4.69) is 204 Å². The molecule has 0 amide bonds. The molecule has 0 aromatic heterocycles. The Kier molecular flexibility index (Phi) is 19.9. The molecule has 0 saturated heterocycles. The fourth-order valence-electron chi connectivity index (χ4n) is 8.26. The van der Waals surface area contributed by atoms with E-state index in [4.69, 9.17) is 17.0 Å². The maximum atomic E-state index is 4.93. The second-order valence-electron chi connectivity index (χ2n) is 22.0. The Balaban J connectivity index is 0.000000304. The number of hydrogen-bond acceptors (Lipinski definition) is 0. The Morgan fingerprint density at radius 1 is 0.460 bits per heavy atom. The third kappa shape index (κ3) is 14.3. The molecular weight excluding hydrogens is 883 g/mol. The topological polar surface area (TPSA) is 0 Å². The van der Waals surface area contributed by atoms with Crippen LogP contribution in [-0.2, 0) is 55.3 Å². The van der Waals surface area contributed by atoms with Crippen molar-refractivity contribution in [3.63, 3.8) is 0 Å². The zero-order valence-electron chi connectivity index (χ0n) is 43.1. The van der Waals surface area contributed by atoms with Gasteiger partial charge in [0.1, 0.15) is 0 Å². The van der Waals surface area contributed by atoms with E-state index in [0.29, 0.717) is 0 Å². The molecule has 0 atom stereocenters. The molecule has 0 saturated carbocycles. The molecule has 0 aliphatic rings. The summed E-state index contributed by atoms with van der Waals surface area (Å²) in [5.41, 5.74) is 20.3. The van der Waals surface area contributed by atoms with Crippen molar-refractivity contribution in [2.45, 2.75) is 192 Å². The van der Waals surface area contributed by atoms with Gasteiger partial charge in [0.05, 0.1) is 0 Å². The van der Waals surface area contributed by atoms with Crippen LogP contribution in [0.15, 0.2) is 72.8 Å². The molecule has 6 rings (SSSR count). The van der Waals surface area contributed by atoms with E-state index in [-0.39, 0.29) is 21.7 Å². The number of fused-ring (bicyclic) bond motifs is 2. The summed E-state index contributed by atoms with van der Waals surface area (Å²) in [5.74, 6) is 0. The molecule has 0 spiro atoms. The Hall–Kier alpha value is -2.44. The van der Waals surface area contributed by atoms with E-state index in [1.165, 1.54) is 138 Å². The fraction of sp³-hybridized carbons (Fsp3) is 0.483. The molecule has 6 aromatic carbocycles. The second kappa shape index (κ2) is 22.8. The van der Waals surface area contributed by atoms with Crippen molar-refractivity contribution in [3.05, 3.63) is 135 Å². The number of aryl methyl sites for hydroxylation is 6. The first-order chi connectivity index (χ1) is 29.2. The van der Waals surface area contributed by atoms with Gasteiger partial charge in [0.2, 0.25) is 0 Å². The first kappa shape index (κ1) is 54.9. The molecule has 0 nitrogen and oxygen atoms in total. The van der Waals surface area contributed by atoms with Crippen LogP contribution in [0, 0.1) is 34.6 Å². The molecule has 6 aromatic rings. The third-order valence-electron chi connectivity index (χ3n) is 12.8.